The Morgan fingerprint density at radius 2 is 1.81 bits per heavy atom. The van der Waals surface area contributed by atoms with Crippen LogP contribution < -0.4 is 10.2 Å². The normalized spacial score (nSPS) is 11.4. The van der Waals surface area contributed by atoms with Gasteiger partial charge in [-0.2, -0.15) is 5.10 Å². The fourth-order valence-electron chi connectivity index (χ4n) is 3.46. The second-order valence-electron chi connectivity index (χ2n) is 7.09. The van der Waals surface area contributed by atoms with Gasteiger partial charge in [-0.15, -0.1) is 0 Å². The maximum absolute atomic E-state index is 6.07. The number of imidazole rings is 1. The van der Waals surface area contributed by atoms with Crippen molar-refractivity contribution in [2.24, 2.45) is 5.10 Å². The number of hydrogen-bond donors (Lipinski definition) is 2. The largest absolute Gasteiger partial charge is 0.488 e. The molecule has 0 aliphatic rings. The first-order valence-electron chi connectivity index (χ1n) is 9.89. The Labute approximate surface area is 187 Å². The van der Waals surface area contributed by atoms with Crippen LogP contribution in [0, 0.1) is 0 Å². The molecule has 0 aliphatic carbocycles. The van der Waals surface area contributed by atoms with Crippen LogP contribution in [0.3, 0.4) is 0 Å². The Balaban J connectivity index is 1.25. The molecule has 0 aliphatic heterocycles. The van der Waals surface area contributed by atoms with Gasteiger partial charge in [0.1, 0.15) is 12.4 Å². The molecule has 0 radical (unpaired) electrons. The Bertz CT molecular complexity index is 1350. The van der Waals surface area contributed by atoms with E-state index in [1.165, 1.54) is 10.8 Å². The Kier molecular flexibility index (Phi) is 5.37. The van der Waals surface area contributed by atoms with Gasteiger partial charge in [0.2, 0.25) is 5.95 Å². The number of nitrogens with one attached hydrogen (secondary N) is 2. The van der Waals surface area contributed by atoms with Crippen molar-refractivity contribution in [3.8, 4) is 5.75 Å². The first-order chi connectivity index (χ1) is 15.3. The summed E-state index contributed by atoms with van der Waals surface area (Å²) in [7, 11) is 0. The standard InChI is InChI=1S/C25H19BrN4O/c26-21-14-17(15-27-30-25-28-22-10-3-4-11-23(22)29-25)12-13-24(21)31-16-19-8-5-7-18-6-1-2-9-20(18)19/h1-15H,16H2,(H2,28,29,30)/b27-15-. The van der Waals surface area contributed by atoms with Crippen LogP contribution in [0.1, 0.15) is 11.1 Å². The number of hydrogen-bond acceptors (Lipinski definition) is 4. The van der Waals surface area contributed by atoms with Gasteiger partial charge >= 0.3 is 0 Å². The van der Waals surface area contributed by atoms with Gasteiger partial charge in [-0.25, -0.2) is 10.4 Å². The molecule has 0 unspecified atom stereocenters. The number of para-hydroxylation sites is 2. The number of halogens is 1. The van der Waals surface area contributed by atoms with Crippen LogP contribution in [0.25, 0.3) is 21.8 Å². The number of fused-ring (bicyclic) bond motifs is 2. The first kappa shape index (κ1) is 19.3. The third-order valence-corrected chi connectivity index (χ3v) is 5.61. The first-order valence-corrected chi connectivity index (χ1v) is 10.7. The zero-order valence-corrected chi connectivity index (χ0v) is 18.1. The van der Waals surface area contributed by atoms with Crippen LogP contribution in [0.4, 0.5) is 5.95 Å². The lowest BCUT2D eigenvalue weighted by Gasteiger charge is -2.11. The molecule has 0 bridgehead atoms. The summed E-state index contributed by atoms with van der Waals surface area (Å²) in [6.07, 6.45) is 1.74. The van der Waals surface area contributed by atoms with Gasteiger partial charge in [-0.1, -0.05) is 54.6 Å². The van der Waals surface area contributed by atoms with Crippen molar-refractivity contribution in [2.45, 2.75) is 6.61 Å². The predicted octanol–water partition coefficient (Wildman–Crippen LogP) is 6.50. The van der Waals surface area contributed by atoms with Gasteiger partial charge in [0.05, 0.1) is 21.7 Å². The molecule has 5 rings (SSSR count). The zero-order chi connectivity index (χ0) is 21.0. The molecule has 152 valence electrons. The molecule has 0 atom stereocenters. The maximum atomic E-state index is 6.07. The molecule has 1 aromatic heterocycles. The summed E-state index contributed by atoms with van der Waals surface area (Å²) in [5, 5.41) is 6.70. The van der Waals surface area contributed by atoms with Crippen LogP contribution in [-0.2, 0) is 6.61 Å². The van der Waals surface area contributed by atoms with Crippen molar-refractivity contribution in [3.63, 3.8) is 0 Å². The maximum Gasteiger partial charge on any atom is 0.222 e. The molecular weight excluding hydrogens is 452 g/mol. The minimum Gasteiger partial charge on any atom is -0.488 e. The van der Waals surface area contributed by atoms with E-state index in [-0.39, 0.29) is 0 Å². The van der Waals surface area contributed by atoms with E-state index in [1.54, 1.807) is 6.21 Å². The highest BCUT2D eigenvalue weighted by molar-refractivity contribution is 9.10. The molecule has 0 amide bonds. The number of ether oxygens (including phenoxy) is 1. The molecule has 1 heterocycles. The van der Waals surface area contributed by atoms with E-state index in [0.29, 0.717) is 12.6 Å². The fraction of sp³-hybridized carbons (Fsp3) is 0.0400. The number of H-pyrrole nitrogens is 1. The topological polar surface area (TPSA) is 62.3 Å². The molecule has 5 aromatic rings. The van der Waals surface area contributed by atoms with Crippen molar-refractivity contribution >= 4 is 49.9 Å². The number of aromatic nitrogens is 2. The number of anilines is 1. The zero-order valence-electron chi connectivity index (χ0n) is 16.5. The van der Waals surface area contributed by atoms with Crippen LogP contribution in [-0.4, -0.2) is 16.2 Å². The van der Waals surface area contributed by atoms with Crippen LogP contribution >= 0.6 is 15.9 Å². The highest BCUT2D eigenvalue weighted by Crippen LogP contribution is 2.27. The molecule has 2 N–H and O–H groups in total. The summed E-state index contributed by atoms with van der Waals surface area (Å²) in [6, 6.07) is 28.3. The molecule has 0 fully saturated rings. The smallest absolute Gasteiger partial charge is 0.222 e. The van der Waals surface area contributed by atoms with E-state index < -0.39 is 0 Å². The molecule has 6 heteroatoms. The second kappa shape index (κ2) is 8.62. The average molecular weight is 471 g/mol. The summed E-state index contributed by atoms with van der Waals surface area (Å²) >= 11 is 3.60. The minimum atomic E-state index is 0.501. The van der Waals surface area contributed by atoms with Crippen LogP contribution in [0.2, 0.25) is 0 Å². The number of aromatic amines is 1. The van der Waals surface area contributed by atoms with Gasteiger partial charge in [-0.05, 0) is 68.2 Å². The second-order valence-corrected chi connectivity index (χ2v) is 7.94. The lowest BCUT2D eigenvalue weighted by atomic mass is 10.1. The lowest BCUT2D eigenvalue weighted by molar-refractivity contribution is 0.305. The number of rotatable bonds is 6. The molecule has 0 saturated heterocycles. The number of hydrazone groups is 1. The van der Waals surface area contributed by atoms with Crippen molar-refractivity contribution < 1.29 is 4.74 Å². The molecule has 4 aromatic carbocycles. The van der Waals surface area contributed by atoms with Gasteiger partial charge in [0, 0.05) is 0 Å². The predicted molar refractivity (Wildman–Crippen MR) is 130 cm³/mol. The summed E-state index contributed by atoms with van der Waals surface area (Å²) in [5.41, 5.74) is 6.90. The SMILES string of the molecule is Brc1cc(/C=N\Nc2nc3ccccc3[nH]2)ccc1OCc1cccc2ccccc12. The lowest BCUT2D eigenvalue weighted by Crippen LogP contribution is -1.98. The molecule has 0 spiro atoms. The highest BCUT2D eigenvalue weighted by Gasteiger charge is 2.05. The van der Waals surface area contributed by atoms with E-state index in [2.05, 4.69) is 72.8 Å². The van der Waals surface area contributed by atoms with Gasteiger partial charge < -0.3 is 9.72 Å². The minimum absolute atomic E-state index is 0.501. The number of nitrogens with zero attached hydrogens (tertiary/aromatic N) is 2. The molecular formula is C25H19BrN4O. The van der Waals surface area contributed by atoms with Crippen molar-refractivity contribution in [1.29, 1.82) is 0 Å². The number of benzene rings is 4. The van der Waals surface area contributed by atoms with Crippen LogP contribution in [0.15, 0.2) is 94.5 Å². The van der Waals surface area contributed by atoms with Crippen molar-refractivity contribution in [2.75, 3.05) is 5.43 Å². The van der Waals surface area contributed by atoms with Gasteiger partial charge in [-0.3, -0.25) is 0 Å². The van der Waals surface area contributed by atoms with Gasteiger partial charge in [0.25, 0.3) is 0 Å². The van der Waals surface area contributed by atoms with Crippen molar-refractivity contribution in [3.05, 3.63) is 101 Å². The summed E-state index contributed by atoms with van der Waals surface area (Å²) in [6.45, 7) is 0.501. The Morgan fingerprint density at radius 1 is 0.968 bits per heavy atom. The van der Waals surface area contributed by atoms with E-state index in [0.717, 1.165) is 32.4 Å². The Hall–Kier alpha value is -3.64. The van der Waals surface area contributed by atoms with E-state index in [4.69, 9.17) is 4.74 Å². The Morgan fingerprint density at radius 3 is 2.71 bits per heavy atom. The van der Waals surface area contributed by atoms with Crippen LogP contribution in [0.5, 0.6) is 5.75 Å². The average Bonchev–Trinajstić information content (AvgIpc) is 3.21. The molecule has 31 heavy (non-hydrogen) atoms. The summed E-state index contributed by atoms with van der Waals surface area (Å²) < 4.78 is 6.95. The summed E-state index contributed by atoms with van der Waals surface area (Å²) in [4.78, 5) is 7.62. The van der Waals surface area contributed by atoms with Crippen molar-refractivity contribution in [1.82, 2.24) is 9.97 Å². The van der Waals surface area contributed by atoms with E-state index in [9.17, 15) is 0 Å². The monoisotopic (exact) mass is 470 g/mol. The van der Waals surface area contributed by atoms with E-state index in [1.807, 2.05) is 48.5 Å². The third-order valence-electron chi connectivity index (χ3n) is 4.99. The fourth-order valence-corrected chi connectivity index (χ4v) is 3.97. The molecule has 0 saturated carbocycles. The quantitative estimate of drug-likeness (QED) is 0.219. The highest BCUT2D eigenvalue weighted by atomic mass is 79.9. The molecule has 5 nitrogen and oxygen atoms in total. The summed E-state index contributed by atoms with van der Waals surface area (Å²) in [5.74, 6) is 1.39. The third kappa shape index (κ3) is 4.29. The van der Waals surface area contributed by atoms with Gasteiger partial charge in [0.15, 0.2) is 0 Å². The van der Waals surface area contributed by atoms with E-state index >= 15 is 0 Å².